The first kappa shape index (κ1) is 13.1. The SMILES string of the molecule is CCN1C(=O)[C@H]2[C@H](O[C@@]3(C)C[C@H](C)CN(C)[C@@H]23)C1=O. The van der Waals surface area contributed by atoms with Gasteiger partial charge in [0.2, 0.25) is 5.91 Å². The van der Waals surface area contributed by atoms with E-state index in [0.29, 0.717) is 12.5 Å². The maximum atomic E-state index is 12.5. The number of carbonyl (C=O) groups is 2. The van der Waals surface area contributed by atoms with Crippen LogP contribution in [0.1, 0.15) is 27.2 Å². The number of carbonyl (C=O) groups excluding carboxylic acids is 2. The molecule has 0 radical (unpaired) electrons. The van der Waals surface area contributed by atoms with Crippen molar-refractivity contribution in [1.29, 1.82) is 0 Å². The summed E-state index contributed by atoms with van der Waals surface area (Å²) in [6.45, 7) is 7.48. The van der Waals surface area contributed by atoms with Gasteiger partial charge >= 0.3 is 0 Å². The topological polar surface area (TPSA) is 49.9 Å². The van der Waals surface area contributed by atoms with Crippen molar-refractivity contribution < 1.29 is 14.3 Å². The second-order valence-electron chi connectivity index (χ2n) is 6.49. The minimum absolute atomic E-state index is 0.0294. The van der Waals surface area contributed by atoms with Gasteiger partial charge in [-0.3, -0.25) is 19.4 Å². The summed E-state index contributed by atoms with van der Waals surface area (Å²) in [7, 11) is 2.04. The minimum atomic E-state index is -0.560. The van der Waals surface area contributed by atoms with Crippen molar-refractivity contribution in [3.8, 4) is 0 Å². The molecule has 0 aromatic rings. The van der Waals surface area contributed by atoms with Gasteiger partial charge in [0, 0.05) is 13.1 Å². The van der Waals surface area contributed by atoms with E-state index in [1.807, 2.05) is 14.0 Å². The van der Waals surface area contributed by atoms with Crippen LogP contribution in [0.2, 0.25) is 0 Å². The fraction of sp³-hybridized carbons (Fsp3) is 0.857. The third-order valence-electron chi connectivity index (χ3n) is 4.89. The highest BCUT2D eigenvalue weighted by Gasteiger charge is 2.65. The highest BCUT2D eigenvalue weighted by Crippen LogP contribution is 2.48. The van der Waals surface area contributed by atoms with Crippen LogP contribution in [-0.4, -0.2) is 59.5 Å². The number of imide groups is 1. The summed E-state index contributed by atoms with van der Waals surface area (Å²) in [5, 5.41) is 0. The fourth-order valence-electron chi connectivity index (χ4n) is 4.47. The Balaban J connectivity index is 1.97. The molecule has 3 fully saturated rings. The molecule has 2 amide bonds. The molecule has 19 heavy (non-hydrogen) atoms. The zero-order valence-electron chi connectivity index (χ0n) is 12.0. The molecule has 0 aliphatic carbocycles. The number of nitrogens with zero attached hydrogens (tertiary/aromatic N) is 2. The highest BCUT2D eigenvalue weighted by atomic mass is 16.5. The zero-order valence-corrected chi connectivity index (χ0v) is 12.0. The Morgan fingerprint density at radius 3 is 2.68 bits per heavy atom. The van der Waals surface area contributed by atoms with Crippen LogP contribution in [0, 0.1) is 11.8 Å². The lowest BCUT2D eigenvalue weighted by atomic mass is 9.77. The molecular weight excluding hydrogens is 244 g/mol. The summed E-state index contributed by atoms with van der Waals surface area (Å²) in [6, 6.07) is 0.0294. The van der Waals surface area contributed by atoms with Crippen molar-refractivity contribution in [2.75, 3.05) is 20.1 Å². The minimum Gasteiger partial charge on any atom is -0.360 e. The molecule has 0 saturated carbocycles. The Hall–Kier alpha value is -0.940. The number of ether oxygens (including phenoxy) is 1. The van der Waals surface area contributed by atoms with Crippen molar-refractivity contribution >= 4 is 11.8 Å². The summed E-state index contributed by atoms with van der Waals surface area (Å²) >= 11 is 0. The number of fused-ring (bicyclic) bond motifs is 3. The summed E-state index contributed by atoms with van der Waals surface area (Å²) in [6.07, 6.45) is 0.358. The third kappa shape index (κ3) is 1.61. The molecule has 0 N–H and O–H groups in total. The molecule has 3 saturated heterocycles. The normalized spacial score (nSPS) is 46.6. The van der Waals surface area contributed by atoms with Gasteiger partial charge in [0.15, 0.2) is 6.10 Å². The van der Waals surface area contributed by atoms with Gasteiger partial charge in [-0.2, -0.15) is 0 Å². The summed E-state index contributed by atoms with van der Waals surface area (Å²) < 4.78 is 6.08. The van der Waals surface area contributed by atoms with Crippen LogP contribution in [-0.2, 0) is 14.3 Å². The molecule has 106 valence electrons. The van der Waals surface area contributed by atoms with Crippen LogP contribution >= 0.6 is 0 Å². The lowest BCUT2D eigenvalue weighted by Gasteiger charge is -2.45. The molecule has 5 atom stereocenters. The lowest BCUT2D eigenvalue weighted by molar-refractivity contribution is -0.152. The van der Waals surface area contributed by atoms with Crippen LogP contribution in [0.15, 0.2) is 0 Å². The smallest absolute Gasteiger partial charge is 0.259 e. The quantitative estimate of drug-likeness (QED) is 0.648. The van der Waals surface area contributed by atoms with Crippen molar-refractivity contribution in [2.24, 2.45) is 11.8 Å². The monoisotopic (exact) mass is 266 g/mol. The lowest BCUT2D eigenvalue weighted by Crippen LogP contribution is -2.57. The molecule has 3 heterocycles. The van der Waals surface area contributed by atoms with Gasteiger partial charge in [-0.1, -0.05) is 6.92 Å². The van der Waals surface area contributed by atoms with Crippen LogP contribution < -0.4 is 0 Å². The number of piperidine rings is 1. The molecule has 0 aromatic carbocycles. The van der Waals surface area contributed by atoms with Crippen molar-refractivity contribution in [1.82, 2.24) is 9.80 Å². The molecule has 0 unspecified atom stereocenters. The average Bonchev–Trinajstić information content (AvgIpc) is 2.72. The van der Waals surface area contributed by atoms with E-state index in [4.69, 9.17) is 4.74 Å². The second kappa shape index (κ2) is 4.03. The third-order valence-corrected chi connectivity index (χ3v) is 4.89. The maximum absolute atomic E-state index is 12.5. The molecule has 5 nitrogen and oxygen atoms in total. The van der Waals surface area contributed by atoms with E-state index in [1.165, 1.54) is 4.90 Å². The van der Waals surface area contributed by atoms with Crippen molar-refractivity contribution in [3.05, 3.63) is 0 Å². The second-order valence-corrected chi connectivity index (χ2v) is 6.49. The molecule has 0 spiro atoms. The summed E-state index contributed by atoms with van der Waals surface area (Å²) in [4.78, 5) is 28.3. The van der Waals surface area contributed by atoms with Crippen LogP contribution in [0.5, 0.6) is 0 Å². The average molecular weight is 266 g/mol. The Morgan fingerprint density at radius 2 is 2.05 bits per heavy atom. The summed E-state index contributed by atoms with van der Waals surface area (Å²) in [5.41, 5.74) is -0.368. The first-order valence-electron chi connectivity index (χ1n) is 7.12. The first-order valence-corrected chi connectivity index (χ1v) is 7.12. The Kier molecular flexibility index (Phi) is 2.77. The van der Waals surface area contributed by atoms with Crippen molar-refractivity contribution in [3.63, 3.8) is 0 Å². The van der Waals surface area contributed by atoms with E-state index in [1.54, 1.807) is 0 Å². The van der Waals surface area contributed by atoms with E-state index in [-0.39, 0.29) is 29.4 Å². The molecule has 0 aromatic heterocycles. The highest BCUT2D eigenvalue weighted by molar-refractivity contribution is 6.07. The number of rotatable bonds is 1. The van der Waals surface area contributed by atoms with Gasteiger partial charge in [-0.25, -0.2) is 0 Å². The Morgan fingerprint density at radius 1 is 1.37 bits per heavy atom. The van der Waals surface area contributed by atoms with Crippen LogP contribution in [0.4, 0.5) is 0 Å². The summed E-state index contributed by atoms with van der Waals surface area (Å²) in [5.74, 6) is 0.0225. The first-order chi connectivity index (χ1) is 8.89. The van der Waals surface area contributed by atoms with E-state index in [0.717, 1.165) is 13.0 Å². The molecule has 3 aliphatic rings. The van der Waals surface area contributed by atoms with Gasteiger partial charge in [0.25, 0.3) is 5.91 Å². The molecule has 3 aliphatic heterocycles. The van der Waals surface area contributed by atoms with E-state index < -0.39 is 6.10 Å². The molecule has 3 rings (SSSR count). The van der Waals surface area contributed by atoms with Crippen LogP contribution in [0.25, 0.3) is 0 Å². The van der Waals surface area contributed by atoms with Gasteiger partial charge in [-0.05, 0) is 33.2 Å². The largest absolute Gasteiger partial charge is 0.360 e. The number of hydrogen-bond donors (Lipinski definition) is 0. The van der Waals surface area contributed by atoms with Crippen molar-refractivity contribution in [2.45, 2.75) is 44.9 Å². The molecule has 0 bridgehead atoms. The zero-order chi connectivity index (χ0) is 13.9. The van der Waals surface area contributed by atoms with Crippen LogP contribution in [0.3, 0.4) is 0 Å². The van der Waals surface area contributed by atoms with Gasteiger partial charge in [0.05, 0.1) is 17.6 Å². The molecular formula is C14H22N2O3. The standard InChI is InChI=1S/C14H22N2O3/c1-5-16-12(17)9-10(13(16)18)19-14(3)6-8(2)7-15(4)11(9)14/h8-11H,5-7H2,1-4H3/t8-,9-,10-,11-,14-/m0/s1. The molecule has 5 heteroatoms. The number of likely N-dealkylation sites (tertiary alicyclic amines) is 2. The maximum Gasteiger partial charge on any atom is 0.259 e. The predicted molar refractivity (Wildman–Crippen MR) is 69.4 cm³/mol. The Bertz CT molecular complexity index is 438. The van der Waals surface area contributed by atoms with Gasteiger partial charge < -0.3 is 4.74 Å². The Labute approximate surface area is 113 Å². The number of likely N-dealkylation sites (N-methyl/N-ethyl adjacent to an activating group) is 2. The number of hydrogen-bond acceptors (Lipinski definition) is 4. The fourth-order valence-corrected chi connectivity index (χ4v) is 4.47. The van der Waals surface area contributed by atoms with E-state index in [9.17, 15) is 9.59 Å². The van der Waals surface area contributed by atoms with E-state index in [2.05, 4.69) is 18.7 Å². The number of amides is 2. The predicted octanol–water partition coefficient (Wildman–Crippen LogP) is 0.489. The van der Waals surface area contributed by atoms with Gasteiger partial charge in [-0.15, -0.1) is 0 Å². The van der Waals surface area contributed by atoms with Gasteiger partial charge in [0.1, 0.15) is 0 Å². The van der Waals surface area contributed by atoms with E-state index >= 15 is 0 Å².